The van der Waals surface area contributed by atoms with Gasteiger partial charge in [-0.15, -0.1) is 0 Å². The molecule has 0 spiro atoms. The molecule has 0 aliphatic rings. The van der Waals surface area contributed by atoms with Gasteiger partial charge < -0.3 is 0 Å². The van der Waals surface area contributed by atoms with Crippen LogP contribution in [0.15, 0.2) is 41.3 Å². The maximum atomic E-state index is 12.6. The van der Waals surface area contributed by atoms with Crippen molar-refractivity contribution in [2.24, 2.45) is 0 Å². The average Bonchev–Trinajstić information content (AvgIpc) is 2.32. The lowest BCUT2D eigenvalue weighted by Crippen LogP contribution is -2.20. The van der Waals surface area contributed by atoms with Crippen LogP contribution in [-0.2, 0) is 6.18 Å². The van der Waals surface area contributed by atoms with E-state index in [0.717, 1.165) is 16.7 Å². The van der Waals surface area contributed by atoms with Crippen molar-refractivity contribution in [3.05, 3.63) is 62.5 Å². The maximum Gasteiger partial charge on any atom is 0.417 e. The summed E-state index contributed by atoms with van der Waals surface area (Å²) in [6, 6.07) is 5.76. The van der Waals surface area contributed by atoms with Gasteiger partial charge in [0.1, 0.15) is 0 Å². The zero-order valence-electron chi connectivity index (χ0n) is 9.21. The van der Waals surface area contributed by atoms with Gasteiger partial charge in [0.25, 0.3) is 5.56 Å². The topological polar surface area (TPSA) is 22.0 Å². The van der Waals surface area contributed by atoms with Gasteiger partial charge in [0.15, 0.2) is 0 Å². The highest BCUT2D eigenvalue weighted by Gasteiger charge is 2.31. The normalized spacial score (nSPS) is 11.6. The van der Waals surface area contributed by atoms with Crippen LogP contribution >= 0.6 is 23.2 Å². The molecule has 2 nitrogen and oxygen atoms in total. The minimum absolute atomic E-state index is 0.102. The van der Waals surface area contributed by atoms with Crippen LogP contribution in [0.4, 0.5) is 13.2 Å². The summed E-state index contributed by atoms with van der Waals surface area (Å²) < 4.78 is 38.7. The second kappa shape index (κ2) is 4.90. The quantitative estimate of drug-likeness (QED) is 0.775. The number of rotatable bonds is 1. The van der Waals surface area contributed by atoms with Crippen LogP contribution in [0.3, 0.4) is 0 Å². The molecule has 0 aliphatic carbocycles. The van der Waals surface area contributed by atoms with E-state index >= 15 is 0 Å². The number of alkyl halides is 3. The minimum atomic E-state index is -4.54. The van der Waals surface area contributed by atoms with Crippen molar-refractivity contribution in [1.82, 2.24) is 4.57 Å². The molecule has 0 bridgehead atoms. The molecule has 7 heteroatoms. The third-order valence-electron chi connectivity index (χ3n) is 2.41. The summed E-state index contributed by atoms with van der Waals surface area (Å²) in [4.78, 5) is 11.7. The van der Waals surface area contributed by atoms with E-state index in [9.17, 15) is 18.0 Å². The Morgan fingerprint density at radius 2 is 1.74 bits per heavy atom. The third-order valence-corrected chi connectivity index (χ3v) is 2.96. The molecule has 0 fully saturated rings. The zero-order valence-corrected chi connectivity index (χ0v) is 10.7. The Morgan fingerprint density at radius 3 is 2.37 bits per heavy atom. The van der Waals surface area contributed by atoms with Gasteiger partial charge in [-0.05, 0) is 24.3 Å². The summed E-state index contributed by atoms with van der Waals surface area (Å²) in [6.07, 6.45) is -3.85. The summed E-state index contributed by atoms with van der Waals surface area (Å²) in [5.41, 5.74) is -1.47. The third kappa shape index (κ3) is 2.93. The molecule has 0 aliphatic heterocycles. The fourth-order valence-electron chi connectivity index (χ4n) is 1.51. The van der Waals surface area contributed by atoms with Crippen LogP contribution in [-0.4, -0.2) is 4.57 Å². The highest BCUT2D eigenvalue weighted by Crippen LogP contribution is 2.30. The van der Waals surface area contributed by atoms with E-state index in [-0.39, 0.29) is 15.7 Å². The monoisotopic (exact) mass is 307 g/mol. The fourth-order valence-corrected chi connectivity index (χ4v) is 1.89. The van der Waals surface area contributed by atoms with Crippen molar-refractivity contribution in [3.8, 4) is 5.69 Å². The van der Waals surface area contributed by atoms with Crippen molar-refractivity contribution in [2.75, 3.05) is 0 Å². The van der Waals surface area contributed by atoms with Gasteiger partial charge in [0.05, 0.1) is 16.3 Å². The average molecular weight is 308 g/mol. The van der Waals surface area contributed by atoms with Gasteiger partial charge in [0.2, 0.25) is 0 Å². The van der Waals surface area contributed by atoms with E-state index in [1.54, 1.807) is 0 Å². The van der Waals surface area contributed by atoms with E-state index in [1.165, 1.54) is 18.2 Å². The number of benzene rings is 1. The Balaban J connectivity index is 2.68. The van der Waals surface area contributed by atoms with E-state index < -0.39 is 17.3 Å². The summed E-state index contributed by atoms with van der Waals surface area (Å²) in [7, 11) is 0. The summed E-state index contributed by atoms with van der Waals surface area (Å²) in [6.45, 7) is 0. The zero-order chi connectivity index (χ0) is 14.2. The van der Waals surface area contributed by atoms with E-state index in [2.05, 4.69) is 0 Å². The molecule has 0 atom stereocenters. The van der Waals surface area contributed by atoms with E-state index in [1.807, 2.05) is 0 Å². The van der Waals surface area contributed by atoms with Crippen LogP contribution in [0, 0.1) is 0 Å². The van der Waals surface area contributed by atoms with Gasteiger partial charge in [-0.1, -0.05) is 23.2 Å². The molecule has 0 unspecified atom stereocenters. The van der Waals surface area contributed by atoms with Gasteiger partial charge >= 0.3 is 6.18 Å². The molecule has 19 heavy (non-hydrogen) atoms. The first kappa shape index (κ1) is 14.0. The van der Waals surface area contributed by atoms with Gasteiger partial charge in [0, 0.05) is 17.3 Å². The van der Waals surface area contributed by atoms with Crippen molar-refractivity contribution in [1.29, 1.82) is 0 Å². The Morgan fingerprint density at radius 1 is 1.05 bits per heavy atom. The highest BCUT2D eigenvalue weighted by atomic mass is 35.5. The molecule has 1 aromatic heterocycles. The molecular weight excluding hydrogens is 302 g/mol. The predicted octanol–water partition coefficient (Wildman–Crippen LogP) is 4.16. The molecule has 0 saturated heterocycles. The summed E-state index contributed by atoms with van der Waals surface area (Å²) in [5.74, 6) is 0. The lowest BCUT2D eigenvalue weighted by molar-refractivity contribution is -0.138. The Bertz CT molecular complexity index is 679. The van der Waals surface area contributed by atoms with Crippen molar-refractivity contribution in [2.45, 2.75) is 6.18 Å². The van der Waals surface area contributed by atoms with Crippen molar-refractivity contribution >= 4 is 23.2 Å². The highest BCUT2D eigenvalue weighted by molar-refractivity contribution is 6.34. The molecular formula is C12H6Cl2F3NO. The lowest BCUT2D eigenvalue weighted by atomic mass is 10.2. The first-order valence-electron chi connectivity index (χ1n) is 5.04. The SMILES string of the molecule is O=c1ccc(C(F)(F)F)cn1-c1cc(Cl)ccc1Cl. The Hall–Kier alpha value is -1.46. The molecule has 1 heterocycles. The van der Waals surface area contributed by atoms with Crippen LogP contribution in [0.25, 0.3) is 5.69 Å². The van der Waals surface area contributed by atoms with Gasteiger partial charge in [-0.3, -0.25) is 9.36 Å². The molecule has 2 aromatic rings. The minimum Gasteiger partial charge on any atom is -0.282 e. The standard InChI is InChI=1S/C12H6Cl2F3NO/c13-8-2-3-9(14)10(5-8)18-6-7(12(15,16)17)1-4-11(18)19/h1-6H. The van der Waals surface area contributed by atoms with Crippen molar-refractivity contribution < 1.29 is 13.2 Å². The molecule has 0 amide bonds. The number of nitrogens with zero attached hydrogens (tertiary/aromatic N) is 1. The van der Waals surface area contributed by atoms with Crippen LogP contribution < -0.4 is 5.56 Å². The van der Waals surface area contributed by atoms with Crippen LogP contribution in [0.1, 0.15) is 5.56 Å². The molecule has 0 radical (unpaired) electrons. The first-order valence-corrected chi connectivity index (χ1v) is 5.80. The summed E-state index contributed by atoms with van der Waals surface area (Å²) in [5, 5.41) is 0.398. The summed E-state index contributed by atoms with van der Waals surface area (Å²) >= 11 is 11.6. The van der Waals surface area contributed by atoms with Crippen LogP contribution in [0.5, 0.6) is 0 Å². The van der Waals surface area contributed by atoms with E-state index in [4.69, 9.17) is 23.2 Å². The molecule has 100 valence electrons. The smallest absolute Gasteiger partial charge is 0.282 e. The number of pyridine rings is 1. The van der Waals surface area contributed by atoms with Gasteiger partial charge in [-0.25, -0.2) is 0 Å². The number of hydrogen-bond donors (Lipinski definition) is 0. The Kier molecular flexibility index (Phi) is 3.60. The van der Waals surface area contributed by atoms with Crippen LogP contribution in [0.2, 0.25) is 10.0 Å². The van der Waals surface area contributed by atoms with Gasteiger partial charge in [-0.2, -0.15) is 13.2 Å². The molecule has 2 rings (SSSR count). The number of aromatic nitrogens is 1. The Labute approximate surface area is 116 Å². The molecule has 1 aromatic carbocycles. The first-order chi connectivity index (χ1) is 8.79. The predicted molar refractivity (Wildman–Crippen MR) is 67.1 cm³/mol. The second-order valence-corrected chi connectivity index (χ2v) is 4.56. The molecule has 0 saturated carbocycles. The largest absolute Gasteiger partial charge is 0.417 e. The maximum absolute atomic E-state index is 12.6. The number of halogens is 5. The lowest BCUT2D eigenvalue weighted by Gasteiger charge is -2.12. The van der Waals surface area contributed by atoms with Crippen molar-refractivity contribution in [3.63, 3.8) is 0 Å². The fraction of sp³-hybridized carbons (Fsp3) is 0.0833. The number of hydrogen-bond acceptors (Lipinski definition) is 1. The molecule has 0 N–H and O–H groups in total. The second-order valence-electron chi connectivity index (χ2n) is 3.72. The van der Waals surface area contributed by atoms with E-state index in [0.29, 0.717) is 6.20 Å².